The first-order valence-corrected chi connectivity index (χ1v) is 12.1. The smallest absolute Gasteiger partial charge is 0.269 e. The molecule has 5 nitrogen and oxygen atoms in total. The van der Waals surface area contributed by atoms with Gasteiger partial charge in [-0.15, -0.1) is 0 Å². The zero-order valence-electron chi connectivity index (χ0n) is 17.5. The molecule has 170 valence electrons. The molecule has 1 aliphatic heterocycles. The van der Waals surface area contributed by atoms with Crippen LogP contribution in [0.2, 0.25) is 5.02 Å². The fraction of sp³-hybridized carbons (Fsp3) is 0.0800. The summed E-state index contributed by atoms with van der Waals surface area (Å²) in [5, 5.41) is 12.7. The van der Waals surface area contributed by atoms with E-state index in [1.807, 2.05) is 30.3 Å². The number of hydrogen-bond acceptors (Lipinski definition) is 4. The summed E-state index contributed by atoms with van der Waals surface area (Å²) in [6.07, 6.45) is 0.419. The van der Waals surface area contributed by atoms with E-state index < -0.39 is 17.0 Å². The summed E-state index contributed by atoms with van der Waals surface area (Å²) < 4.78 is 14.1. The minimum Gasteiger partial charge on any atom is -0.321 e. The van der Waals surface area contributed by atoms with Crippen LogP contribution in [-0.2, 0) is 16.0 Å². The average molecular weight is 557 g/mol. The van der Waals surface area contributed by atoms with Crippen LogP contribution in [0.25, 0.3) is 0 Å². The number of hydrogen-bond donors (Lipinski definition) is 1. The van der Waals surface area contributed by atoms with E-state index in [2.05, 4.69) is 21.2 Å². The molecule has 0 saturated carbocycles. The van der Waals surface area contributed by atoms with Crippen LogP contribution < -0.4 is 10.2 Å². The second kappa shape index (κ2) is 10.4. The van der Waals surface area contributed by atoms with Crippen LogP contribution in [0.3, 0.4) is 0 Å². The van der Waals surface area contributed by atoms with Gasteiger partial charge in [0.15, 0.2) is 0 Å². The molecule has 4 rings (SSSR count). The molecule has 0 bridgehead atoms. The van der Waals surface area contributed by atoms with Gasteiger partial charge >= 0.3 is 0 Å². The molecule has 0 aromatic heterocycles. The van der Waals surface area contributed by atoms with Crippen molar-refractivity contribution in [2.45, 2.75) is 11.7 Å². The van der Waals surface area contributed by atoms with Crippen molar-refractivity contribution in [3.63, 3.8) is 0 Å². The second-order valence-electron chi connectivity index (χ2n) is 7.34. The zero-order chi connectivity index (χ0) is 24.2. The van der Waals surface area contributed by atoms with Crippen molar-refractivity contribution in [2.75, 3.05) is 10.2 Å². The Morgan fingerprint density at radius 2 is 1.74 bits per heavy atom. The molecule has 1 saturated heterocycles. The first-order valence-electron chi connectivity index (χ1n) is 10.1. The number of thioether (sulfide) groups is 1. The fourth-order valence-electron chi connectivity index (χ4n) is 3.37. The average Bonchev–Trinajstić information content (AvgIpc) is 3.13. The summed E-state index contributed by atoms with van der Waals surface area (Å²) >= 11 is 10.6. The maximum Gasteiger partial charge on any atom is 0.269 e. The van der Waals surface area contributed by atoms with Gasteiger partial charge in [0.2, 0.25) is 5.91 Å². The van der Waals surface area contributed by atoms with Crippen LogP contribution in [0.4, 0.5) is 15.8 Å². The van der Waals surface area contributed by atoms with E-state index >= 15 is 0 Å². The molecule has 0 spiro atoms. The van der Waals surface area contributed by atoms with Crippen LogP contribution in [0.1, 0.15) is 5.56 Å². The highest BCUT2D eigenvalue weighted by Crippen LogP contribution is 2.42. The number of nitrogens with zero attached hydrogens (tertiary/aromatic N) is 2. The number of rotatable bonds is 5. The molecule has 9 heteroatoms. The van der Waals surface area contributed by atoms with Crippen molar-refractivity contribution in [3.05, 3.63) is 104 Å². The standard InChI is InChI=1S/C25H16BrClFN3O2S/c26-16-3-1-15(2-4-16)13-22-24(33)31(20-11-5-17(27)6-12-20)25(34-22)21(14-29)23(32)30-19-9-7-18(28)8-10-19/h1-12,22H,13H2,(H,30,32)/b25-21+. The first-order chi connectivity index (χ1) is 16.4. The van der Waals surface area contributed by atoms with Gasteiger partial charge in [-0.2, -0.15) is 5.26 Å². The lowest BCUT2D eigenvalue weighted by atomic mass is 10.1. The Labute approximate surface area is 213 Å². The van der Waals surface area contributed by atoms with Crippen molar-refractivity contribution >= 4 is 62.5 Å². The Morgan fingerprint density at radius 3 is 2.35 bits per heavy atom. The Balaban J connectivity index is 1.71. The predicted octanol–water partition coefficient (Wildman–Crippen LogP) is 6.31. The molecule has 1 atom stereocenters. The Kier molecular flexibility index (Phi) is 7.37. The molecule has 1 unspecified atom stereocenters. The molecular weight excluding hydrogens is 541 g/mol. The number of anilines is 2. The lowest BCUT2D eigenvalue weighted by Crippen LogP contribution is -2.30. The van der Waals surface area contributed by atoms with E-state index in [1.54, 1.807) is 24.3 Å². The van der Waals surface area contributed by atoms with E-state index in [1.165, 1.54) is 40.9 Å². The molecule has 0 radical (unpaired) electrons. The van der Waals surface area contributed by atoms with Gasteiger partial charge in [-0.3, -0.25) is 14.5 Å². The van der Waals surface area contributed by atoms with E-state index in [0.29, 0.717) is 22.8 Å². The van der Waals surface area contributed by atoms with Crippen molar-refractivity contribution < 1.29 is 14.0 Å². The van der Waals surface area contributed by atoms with Crippen molar-refractivity contribution in [2.24, 2.45) is 0 Å². The maximum absolute atomic E-state index is 13.5. The highest BCUT2D eigenvalue weighted by molar-refractivity contribution is 9.10. The van der Waals surface area contributed by atoms with Crippen molar-refractivity contribution in [1.29, 1.82) is 5.26 Å². The van der Waals surface area contributed by atoms with Crippen molar-refractivity contribution in [3.8, 4) is 6.07 Å². The SMILES string of the molecule is N#C/C(C(=O)Nc1ccc(F)cc1)=C1\SC(Cc2ccc(Br)cc2)C(=O)N1c1ccc(Cl)cc1. The van der Waals surface area contributed by atoms with Gasteiger partial charge in [0, 0.05) is 20.9 Å². The Bertz CT molecular complexity index is 1310. The molecule has 2 amide bonds. The summed E-state index contributed by atoms with van der Waals surface area (Å²) in [5.74, 6) is -1.38. The van der Waals surface area contributed by atoms with Gasteiger partial charge < -0.3 is 5.32 Å². The minimum atomic E-state index is -0.687. The van der Waals surface area contributed by atoms with Gasteiger partial charge in [0.05, 0.1) is 5.25 Å². The van der Waals surface area contributed by atoms with Gasteiger partial charge in [-0.25, -0.2) is 4.39 Å². The molecule has 34 heavy (non-hydrogen) atoms. The number of nitriles is 1. The molecule has 0 aliphatic carbocycles. The molecule has 3 aromatic rings. The topological polar surface area (TPSA) is 73.2 Å². The largest absolute Gasteiger partial charge is 0.321 e. The van der Waals surface area contributed by atoms with Crippen LogP contribution >= 0.6 is 39.3 Å². The van der Waals surface area contributed by atoms with Gasteiger partial charge in [0.1, 0.15) is 22.5 Å². The first kappa shape index (κ1) is 24.0. The summed E-state index contributed by atoms with van der Waals surface area (Å²) in [6.45, 7) is 0. The fourth-order valence-corrected chi connectivity index (χ4v) is 5.07. The summed E-state index contributed by atoms with van der Waals surface area (Å²) in [4.78, 5) is 27.8. The Morgan fingerprint density at radius 1 is 1.09 bits per heavy atom. The van der Waals surface area contributed by atoms with Gasteiger partial charge in [-0.1, -0.05) is 51.4 Å². The molecule has 1 N–H and O–H groups in total. The summed E-state index contributed by atoms with van der Waals surface area (Å²) in [7, 11) is 0. The van der Waals surface area contributed by atoms with Crippen LogP contribution in [0.15, 0.2) is 87.9 Å². The number of carbonyl (C=O) groups is 2. The van der Waals surface area contributed by atoms with E-state index in [0.717, 1.165) is 10.0 Å². The molecule has 1 fully saturated rings. The summed E-state index contributed by atoms with van der Waals surface area (Å²) in [5.41, 5.74) is 1.56. The van der Waals surface area contributed by atoms with Gasteiger partial charge in [0.25, 0.3) is 5.91 Å². The minimum absolute atomic E-state index is 0.212. The Hall–Kier alpha value is -3.12. The van der Waals surface area contributed by atoms with E-state index in [-0.39, 0.29) is 16.5 Å². The van der Waals surface area contributed by atoms with Crippen LogP contribution in [0, 0.1) is 17.1 Å². The number of halogens is 3. The maximum atomic E-state index is 13.5. The number of benzene rings is 3. The van der Waals surface area contributed by atoms with Crippen LogP contribution in [0.5, 0.6) is 0 Å². The van der Waals surface area contributed by atoms with E-state index in [4.69, 9.17) is 11.6 Å². The number of carbonyl (C=O) groups excluding carboxylic acids is 2. The van der Waals surface area contributed by atoms with Crippen LogP contribution in [-0.4, -0.2) is 17.1 Å². The molecular formula is C25H16BrClFN3O2S. The molecule has 1 heterocycles. The third-order valence-corrected chi connectivity index (χ3v) is 7.07. The molecule has 1 aliphatic rings. The lowest BCUT2D eigenvalue weighted by molar-refractivity contribution is -0.117. The quantitative estimate of drug-likeness (QED) is 0.295. The third-order valence-electron chi connectivity index (χ3n) is 5.03. The highest BCUT2D eigenvalue weighted by Gasteiger charge is 2.40. The monoisotopic (exact) mass is 555 g/mol. The lowest BCUT2D eigenvalue weighted by Gasteiger charge is -2.19. The summed E-state index contributed by atoms with van der Waals surface area (Å²) in [6, 6.07) is 21.4. The van der Waals surface area contributed by atoms with Gasteiger partial charge in [-0.05, 0) is 72.6 Å². The zero-order valence-corrected chi connectivity index (χ0v) is 20.6. The van der Waals surface area contributed by atoms with E-state index in [9.17, 15) is 19.2 Å². The normalized spacial score (nSPS) is 16.8. The number of nitrogens with one attached hydrogen (secondary N) is 1. The highest BCUT2D eigenvalue weighted by atomic mass is 79.9. The van der Waals surface area contributed by atoms with Crippen molar-refractivity contribution in [1.82, 2.24) is 0 Å². The second-order valence-corrected chi connectivity index (χ2v) is 9.88. The predicted molar refractivity (Wildman–Crippen MR) is 136 cm³/mol. The third kappa shape index (κ3) is 5.33. The molecule has 3 aromatic carbocycles. The number of amides is 2.